The summed E-state index contributed by atoms with van der Waals surface area (Å²) in [5, 5.41) is 7.08. The molecule has 2 heterocycles. The van der Waals surface area contributed by atoms with Crippen LogP contribution in [0, 0.1) is 0 Å². The minimum atomic E-state index is 0.259. The predicted octanol–water partition coefficient (Wildman–Crippen LogP) is 4.51. The van der Waals surface area contributed by atoms with Crippen LogP contribution in [-0.4, -0.2) is 15.8 Å². The first-order chi connectivity index (χ1) is 13.2. The molecular weight excluding hydrogens is 360 g/mol. The number of ether oxygens (including phenoxy) is 1. The number of hydrogen-bond donors (Lipinski definition) is 1. The largest absolute Gasteiger partial charge is 0.439 e. The molecule has 0 aliphatic rings. The van der Waals surface area contributed by atoms with Crippen molar-refractivity contribution in [2.45, 2.75) is 32.8 Å². The maximum atomic E-state index is 5.96. The highest BCUT2D eigenvalue weighted by Crippen LogP contribution is 2.18. The molecular formula is C20H22N4O2S. The van der Waals surface area contributed by atoms with Crippen molar-refractivity contribution in [1.82, 2.24) is 9.97 Å². The molecule has 3 aromatic rings. The van der Waals surface area contributed by atoms with Crippen LogP contribution in [0.4, 0.5) is 0 Å². The number of oxime groups is 1. The Morgan fingerprint density at radius 1 is 1.19 bits per heavy atom. The van der Waals surface area contributed by atoms with Crippen LogP contribution in [0.2, 0.25) is 0 Å². The summed E-state index contributed by atoms with van der Waals surface area (Å²) in [5.74, 6) is 1.47. The fourth-order valence-corrected chi connectivity index (χ4v) is 3.11. The van der Waals surface area contributed by atoms with E-state index in [-0.39, 0.29) is 5.84 Å². The van der Waals surface area contributed by atoms with Gasteiger partial charge in [-0.25, -0.2) is 9.97 Å². The summed E-state index contributed by atoms with van der Waals surface area (Å²) in [7, 11) is 0. The normalized spacial score (nSPS) is 11.4. The van der Waals surface area contributed by atoms with Crippen LogP contribution in [0.1, 0.15) is 36.0 Å². The molecule has 1 aromatic carbocycles. The van der Waals surface area contributed by atoms with Gasteiger partial charge in [-0.05, 0) is 31.0 Å². The number of amidine groups is 1. The van der Waals surface area contributed by atoms with Crippen molar-refractivity contribution < 1.29 is 9.57 Å². The van der Waals surface area contributed by atoms with Gasteiger partial charge in [0.2, 0.25) is 5.88 Å². The fourth-order valence-electron chi connectivity index (χ4n) is 2.28. The van der Waals surface area contributed by atoms with Gasteiger partial charge in [0.15, 0.2) is 12.4 Å². The maximum Gasteiger partial charge on any atom is 0.219 e. The fraction of sp³-hybridized carbons (Fsp3) is 0.250. The van der Waals surface area contributed by atoms with Crippen molar-refractivity contribution in [3.63, 3.8) is 0 Å². The molecule has 7 heteroatoms. The predicted molar refractivity (Wildman–Crippen MR) is 107 cm³/mol. The molecule has 0 amide bonds. The van der Waals surface area contributed by atoms with Crippen molar-refractivity contribution in [3.8, 4) is 11.6 Å². The van der Waals surface area contributed by atoms with E-state index in [9.17, 15) is 0 Å². The third-order valence-corrected chi connectivity index (χ3v) is 4.67. The van der Waals surface area contributed by atoms with E-state index in [2.05, 4.69) is 22.0 Å². The van der Waals surface area contributed by atoms with Crippen molar-refractivity contribution in [2.24, 2.45) is 10.9 Å². The van der Waals surface area contributed by atoms with Gasteiger partial charge in [0.25, 0.3) is 0 Å². The summed E-state index contributed by atoms with van der Waals surface area (Å²) < 4.78 is 5.65. The van der Waals surface area contributed by atoms with Crippen molar-refractivity contribution in [2.75, 3.05) is 0 Å². The first kappa shape index (κ1) is 18.8. The highest BCUT2D eigenvalue weighted by molar-refractivity contribution is 7.09. The molecule has 0 aliphatic heterocycles. The second kappa shape index (κ2) is 9.68. The van der Waals surface area contributed by atoms with E-state index < -0.39 is 0 Å². The Morgan fingerprint density at radius 2 is 2.04 bits per heavy atom. The lowest BCUT2D eigenvalue weighted by atomic mass is 10.3. The number of nitrogens with two attached hydrogens (primary N) is 1. The second-order valence-electron chi connectivity index (χ2n) is 5.89. The summed E-state index contributed by atoms with van der Waals surface area (Å²) in [6, 6.07) is 13.0. The average Bonchev–Trinajstić information content (AvgIpc) is 3.15. The molecule has 0 radical (unpaired) electrons. The van der Waals surface area contributed by atoms with Gasteiger partial charge < -0.3 is 15.3 Å². The number of aryl methyl sites for hydroxylation is 1. The molecule has 2 aromatic heterocycles. The number of para-hydroxylation sites is 1. The van der Waals surface area contributed by atoms with Crippen molar-refractivity contribution >= 4 is 17.2 Å². The quantitative estimate of drug-likeness (QED) is 0.334. The van der Waals surface area contributed by atoms with E-state index in [4.69, 9.17) is 15.3 Å². The van der Waals surface area contributed by atoms with Crippen LogP contribution in [0.25, 0.3) is 0 Å². The van der Waals surface area contributed by atoms with Gasteiger partial charge in [0.1, 0.15) is 5.75 Å². The van der Waals surface area contributed by atoms with Gasteiger partial charge in [0, 0.05) is 23.2 Å². The lowest BCUT2D eigenvalue weighted by molar-refractivity contribution is 0.128. The molecule has 0 saturated heterocycles. The monoisotopic (exact) mass is 382 g/mol. The van der Waals surface area contributed by atoms with Crippen LogP contribution in [0.5, 0.6) is 11.6 Å². The summed E-state index contributed by atoms with van der Waals surface area (Å²) in [5.41, 5.74) is 7.49. The summed E-state index contributed by atoms with van der Waals surface area (Å²) in [6.07, 6.45) is 4.92. The first-order valence-corrected chi connectivity index (χ1v) is 9.70. The van der Waals surface area contributed by atoms with Crippen LogP contribution >= 0.6 is 11.3 Å². The molecule has 140 valence electrons. The Hall–Kier alpha value is -2.93. The third-order valence-electron chi connectivity index (χ3n) is 3.72. The van der Waals surface area contributed by atoms with E-state index in [1.165, 1.54) is 0 Å². The first-order valence-electron chi connectivity index (χ1n) is 8.82. The molecule has 2 N–H and O–H groups in total. The SMILES string of the molecule is CCCCc1nc(CO/N=C(/N)c2ccc(Oc3ccccc3)nc2)cs1. The number of hydrogen-bond acceptors (Lipinski definition) is 6. The number of pyridine rings is 1. The van der Waals surface area contributed by atoms with Gasteiger partial charge in [-0.15, -0.1) is 11.3 Å². The van der Waals surface area contributed by atoms with Gasteiger partial charge in [-0.1, -0.05) is 36.7 Å². The third kappa shape index (κ3) is 5.79. The van der Waals surface area contributed by atoms with Crippen LogP contribution in [0.15, 0.2) is 59.2 Å². The van der Waals surface area contributed by atoms with E-state index in [0.29, 0.717) is 18.1 Å². The standard InChI is InChI=1S/C20H22N4O2S/c1-2-3-9-19-23-16(14-27-19)13-25-24-20(21)15-10-11-18(22-12-15)26-17-7-5-4-6-8-17/h4-8,10-12,14H,2-3,9,13H2,1H3,(H2,21,24). The Morgan fingerprint density at radius 3 is 2.78 bits per heavy atom. The molecule has 0 spiro atoms. The highest BCUT2D eigenvalue weighted by Gasteiger charge is 2.05. The molecule has 0 bridgehead atoms. The van der Waals surface area contributed by atoms with Gasteiger partial charge in [0.05, 0.1) is 10.7 Å². The zero-order chi connectivity index (χ0) is 18.9. The Bertz CT molecular complexity index is 863. The Kier molecular flexibility index (Phi) is 6.76. The number of rotatable bonds is 9. The Labute approximate surface area is 162 Å². The molecule has 0 unspecified atom stereocenters. The number of nitrogens with zero attached hydrogens (tertiary/aromatic N) is 3. The molecule has 3 rings (SSSR count). The van der Waals surface area contributed by atoms with Crippen molar-refractivity contribution in [3.05, 3.63) is 70.3 Å². The van der Waals surface area contributed by atoms with E-state index >= 15 is 0 Å². The minimum absolute atomic E-state index is 0.259. The number of thiazole rings is 1. The van der Waals surface area contributed by atoms with Gasteiger partial charge >= 0.3 is 0 Å². The summed E-state index contributed by atoms with van der Waals surface area (Å²) >= 11 is 1.65. The zero-order valence-corrected chi connectivity index (χ0v) is 16.0. The highest BCUT2D eigenvalue weighted by atomic mass is 32.1. The maximum absolute atomic E-state index is 5.96. The van der Waals surface area contributed by atoms with Gasteiger partial charge in [-0.2, -0.15) is 0 Å². The topological polar surface area (TPSA) is 82.6 Å². The zero-order valence-electron chi connectivity index (χ0n) is 15.2. The number of aromatic nitrogens is 2. The van der Waals surface area contributed by atoms with E-state index in [1.807, 2.05) is 35.7 Å². The smallest absolute Gasteiger partial charge is 0.219 e. The van der Waals surface area contributed by atoms with E-state index in [1.54, 1.807) is 29.7 Å². The van der Waals surface area contributed by atoms with Gasteiger partial charge in [-0.3, -0.25) is 0 Å². The van der Waals surface area contributed by atoms with E-state index in [0.717, 1.165) is 35.7 Å². The summed E-state index contributed by atoms with van der Waals surface area (Å²) in [4.78, 5) is 14.1. The second-order valence-corrected chi connectivity index (χ2v) is 6.83. The summed E-state index contributed by atoms with van der Waals surface area (Å²) in [6.45, 7) is 2.47. The lowest BCUT2D eigenvalue weighted by Gasteiger charge is -2.05. The molecule has 0 saturated carbocycles. The Balaban J connectivity index is 1.52. The number of unbranched alkanes of at least 4 members (excludes halogenated alkanes) is 1. The molecule has 6 nitrogen and oxygen atoms in total. The molecule has 0 fully saturated rings. The van der Waals surface area contributed by atoms with Crippen molar-refractivity contribution in [1.29, 1.82) is 0 Å². The van der Waals surface area contributed by atoms with Crippen LogP contribution in [0.3, 0.4) is 0 Å². The van der Waals surface area contributed by atoms with Crippen LogP contribution in [-0.2, 0) is 17.9 Å². The molecule has 0 atom stereocenters. The molecule has 0 aliphatic carbocycles. The lowest BCUT2D eigenvalue weighted by Crippen LogP contribution is -2.14. The van der Waals surface area contributed by atoms with Crippen LogP contribution < -0.4 is 10.5 Å². The number of benzene rings is 1. The molecule has 27 heavy (non-hydrogen) atoms. The average molecular weight is 382 g/mol. The minimum Gasteiger partial charge on any atom is -0.439 e.